The monoisotopic (exact) mass is 601 g/mol. The van der Waals surface area contributed by atoms with Crippen LogP contribution in [0, 0.1) is 0 Å². The van der Waals surface area contributed by atoms with Crippen molar-refractivity contribution in [3.8, 4) is 0 Å². The maximum absolute atomic E-state index is 12.6. The van der Waals surface area contributed by atoms with Crippen molar-refractivity contribution in [3.05, 3.63) is 108 Å². The van der Waals surface area contributed by atoms with Gasteiger partial charge in [0.1, 0.15) is 0 Å². The number of hydrogen-bond donors (Lipinski definition) is 3. The van der Waals surface area contributed by atoms with Crippen molar-refractivity contribution in [2.45, 2.75) is 70.6 Å². The molecule has 0 fully saturated rings. The smallest absolute Gasteiger partial charge is 0.251 e. The number of rotatable bonds is 22. The van der Waals surface area contributed by atoms with Gasteiger partial charge in [-0.05, 0) is 36.1 Å². The molecule has 3 N–H and O–H groups in total. The third-order valence-corrected chi connectivity index (χ3v) is 7.05. The molecular weight excluding hydrogens is 554 g/mol. The molecule has 3 amide bonds. The summed E-state index contributed by atoms with van der Waals surface area (Å²) in [4.78, 5) is 36.9. The fraction of sp³-hybridized carbons (Fsp3) is 0.417. The minimum atomic E-state index is -0.321. The normalized spacial score (nSPS) is 10.8. The zero-order valence-electron chi connectivity index (χ0n) is 25.7. The summed E-state index contributed by atoms with van der Waals surface area (Å²) in [7, 11) is 0. The average Bonchev–Trinajstić information content (AvgIpc) is 3.06. The Balaban J connectivity index is 1.22. The number of amides is 3. The van der Waals surface area contributed by atoms with Gasteiger partial charge in [0.05, 0.1) is 32.5 Å². The standard InChI is InChI=1S/C36H47N3O5/c40-34(37-24-14-3-1-2-4-15-25-38-36(42)32-20-12-7-13-21-32)22-23-35(41)39-33(28-43-26-30-16-8-5-9-17-30)29-44-27-31-18-10-6-11-19-31/h5-13,16-21,33H,1-4,14-15,22-29H2,(H,37,40)(H,38,42)(H,39,41). The summed E-state index contributed by atoms with van der Waals surface area (Å²) in [6, 6.07) is 28.7. The van der Waals surface area contributed by atoms with Crippen molar-refractivity contribution in [1.29, 1.82) is 0 Å². The van der Waals surface area contributed by atoms with E-state index in [4.69, 9.17) is 9.47 Å². The van der Waals surface area contributed by atoms with Gasteiger partial charge in [-0.3, -0.25) is 14.4 Å². The second-order valence-corrected chi connectivity index (χ2v) is 10.9. The maximum Gasteiger partial charge on any atom is 0.251 e. The van der Waals surface area contributed by atoms with Crippen LogP contribution in [0.15, 0.2) is 91.0 Å². The molecule has 0 aliphatic carbocycles. The van der Waals surface area contributed by atoms with E-state index >= 15 is 0 Å². The molecule has 0 radical (unpaired) electrons. The van der Waals surface area contributed by atoms with E-state index in [1.165, 1.54) is 0 Å². The number of hydrogen-bond acceptors (Lipinski definition) is 5. The molecule has 3 rings (SSSR count). The highest BCUT2D eigenvalue weighted by Gasteiger charge is 2.15. The molecule has 0 heterocycles. The van der Waals surface area contributed by atoms with Gasteiger partial charge in [0.25, 0.3) is 5.91 Å². The lowest BCUT2D eigenvalue weighted by molar-refractivity contribution is -0.127. The maximum atomic E-state index is 12.6. The van der Waals surface area contributed by atoms with Gasteiger partial charge in [0.15, 0.2) is 0 Å². The number of unbranched alkanes of at least 4 members (excludes halogenated alkanes) is 5. The van der Waals surface area contributed by atoms with E-state index in [0.29, 0.717) is 45.1 Å². The fourth-order valence-electron chi connectivity index (χ4n) is 4.61. The summed E-state index contributed by atoms with van der Waals surface area (Å²) in [6.45, 7) is 2.80. The van der Waals surface area contributed by atoms with Crippen LogP contribution in [-0.2, 0) is 32.3 Å². The summed E-state index contributed by atoms with van der Waals surface area (Å²) >= 11 is 0. The van der Waals surface area contributed by atoms with E-state index in [1.807, 2.05) is 91.0 Å². The molecule has 3 aromatic carbocycles. The molecule has 0 aliphatic heterocycles. The predicted octanol–water partition coefficient (Wildman–Crippen LogP) is 5.57. The van der Waals surface area contributed by atoms with Crippen molar-refractivity contribution in [2.75, 3.05) is 26.3 Å². The summed E-state index contributed by atoms with van der Waals surface area (Å²) in [6.07, 6.45) is 6.39. The average molecular weight is 602 g/mol. The van der Waals surface area contributed by atoms with Gasteiger partial charge in [-0.15, -0.1) is 0 Å². The van der Waals surface area contributed by atoms with Crippen molar-refractivity contribution in [3.63, 3.8) is 0 Å². The Morgan fingerprint density at radius 2 is 1.00 bits per heavy atom. The quantitative estimate of drug-likeness (QED) is 0.131. The molecule has 44 heavy (non-hydrogen) atoms. The number of carbonyl (C=O) groups is 3. The second kappa shape index (κ2) is 21.6. The van der Waals surface area contributed by atoms with Gasteiger partial charge < -0.3 is 25.4 Å². The lowest BCUT2D eigenvalue weighted by Crippen LogP contribution is -2.42. The van der Waals surface area contributed by atoms with Gasteiger partial charge in [-0.1, -0.05) is 105 Å². The Bertz CT molecular complexity index is 1160. The Kier molecular flexibility index (Phi) is 17.0. The van der Waals surface area contributed by atoms with Crippen molar-refractivity contribution in [2.24, 2.45) is 0 Å². The summed E-state index contributed by atoms with van der Waals surface area (Å²) < 4.78 is 11.7. The molecule has 0 bridgehead atoms. The number of benzene rings is 3. The molecule has 3 aromatic rings. The minimum absolute atomic E-state index is 0.0284. The van der Waals surface area contributed by atoms with Crippen molar-refractivity contribution in [1.82, 2.24) is 16.0 Å². The van der Waals surface area contributed by atoms with Gasteiger partial charge >= 0.3 is 0 Å². The highest BCUT2D eigenvalue weighted by molar-refractivity contribution is 5.94. The third kappa shape index (κ3) is 15.5. The van der Waals surface area contributed by atoms with Crippen LogP contribution >= 0.6 is 0 Å². The zero-order valence-corrected chi connectivity index (χ0v) is 25.7. The molecular formula is C36H47N3O5. The summed E-state index contributed by atoms with van der Waals surface area (Å²) in [5.41, 5.74) is 2.81. The molecule has 0 aliphatic rings. The SMILES string of the molecule is O=C(CCC(=O)NC(COCc1ccccc1)COCc1ccccc1)NCCCCCCCCNC(=O)c1ccccc1. The van der Waals surface area contributed by atoms with E-state index in [0.717, 1.165) is 49.7 Å². The second-order valence-electron chi connectivity index (χ2n) is 10.9. The highest BCUT2D eigenvalue weighted by Crippen LogP contribution is 2.06. The van der Waals surface area contributed by atoms with Crippen LogP contribution in [0.25, 0.3) is 0 Å². The van der Waals surface area contributed by atoms with E-state index in [-0.39, 0.29) is 36.6 Å². The van der Waals surface area contributed by atoms with E-state index in [9.17, 15) is 14.4 Å². The Morgan fingerprint density at radius 3 is 1.55 bits per heavy atom. The summed E-state index contributed by atoms with van der Waals surface area (Å²) in [5, 5.41) is 8.85. The topological polar surface area (TPSA) is 106 Å². The predicted molar refractivity (Wildman–Crippen MR) is 173 cm³/mol. The molecule has 0 unspecified atom stereocenters. The summed E-state index contributed by atoms with van der Waals surface area (Å²) in [5.74, 6) is -0.345. The van der Waals surface area contributed by atoms with E-state index < -0.39 is 0 Å². The molecule has 0 aromatic heterocycles. The number of ether oxygens (including phenoxy) is 2. The van der Waals surface area contributed by atoms with Crippen LogP contribution in [-0.4, -0.2) is 50.1 Å². The first-order valence-electron chi connectivity index (χ1n) is 15.7. The molecule has 8 heteroatoms. The highest BCUT2D eigenvalue weighted by atomic mass is 16.5. The zero-order chi connectivity index (χ0) is 31.1. The Labute approximate surface area is 261 Å². The molecule has 0 atom stereocenters. The minimum Gasteiger partial charge on any atom is -0.375 e. The largest absolute Gasteiger partial charge is 0.375 e. The van der Waals surface area contributed by atoms with Gasteiger partial charge in [-0.25, -0.2) is 0 Å². The van der Waals surface area contributed by atoms with Crippen LogP contribution in [0.4, 0.5) is 0 Å². The fourth-order valence-corrected chi connectivity index (χ4v) is 4.61. The van der Waals surface area contributed by atoms with E-state index in [1.54, 1.807) is 0 Å². The number of nitrogens with one attached hydrogen (secondary N) is 3. The molecule has 8 nitrogen and oxygen atoms in total. The lowest BCUT2D eigenvalue weighted by Gasteiger charge is -2.19. The van der Waals surface area contributed by atoms with Crippen LogP contribution < -0.4 is 16.0 Å². The van der Waals surface area contributed by atoms with E-state index in [2.05, 4.69) is 16.0 Å². The van der Waals surface area contributed by atoms with Crippen molar-refractivity contribution < 1.29 is 23.9 Å². The van der Waals surface area contributed by atoms with Gasteiger partial charge in [-0.2, -0.15) is 0 Å². The molecule has 0 saturated heterocycles. The van der Waals surface area contributed by atoms with Crippen LogP contribution in [0.3, 0.4) is 0 Å². The molecule has 236 valence electrons. The first-order chi connectivity index (χ1) is 21.6. The number of carbonyl (C=O) groups excluding carboxylic acids is 3. The molecule has 0 spiro atoms. The van der Waals surface area contributed by atoms with Crippen LogP contribution in [0.2, 0.25) is 0 Å². The van der Waals surface area contributed by atoms with Crippen molar-refractivity contribution >= 4 is 17.7 Å². The van der Waals surface area contributed by atoms with Crippen LogP contribution in [0.5, 0.6) is 0 Å². The lowest BCUT2D eigenvalue weighted by atomic mass is 10.1. The van der Waals surface area contributed by atoms with Gasteiger partial charge in [0.2, 0.25) is 11.8 Å². The van der Waals surface area contributed by atoms with Crippen LogP contribution in [0.1, 0.15) is 72.9 Å². The first kappa shape index (κ1) is 34.5. The Morgan fingerprint density at radius 1 is 0.545 bits per heavy atom. The third-order valence-electron chi connectivity index (χ3n) is 7.05. The Hall–Kier alpha value is -4.01. The molecule has 0 saturated carbocycles. The first-order valence-corrected chi connectivity index (χ1v) is 15.7. The van der Waals surface area contributed by atoms with Gasteiger partial charge in [0, 0.05) is 31.5 Å².